The van der Waals surface area contributed by atoms with Crippen LogP contribution in [0.4, 0.5) is 10.1 Å². The zero-order chi connectivity index (χ0) is 28.9. The molecule has 2 aromatic carbocycles. The predicted octanol–water partition coefficient (Wildman–Crippen LogP) is 5.57. The van der Waals surface area contributed by atoms with Crippen LogP contribution in [0, 0.1) is 11.7 Å². The molecular formula is C31H26Cl2FN5O3. The molecule has 8 rings (SSSR count). The van der Waals surface area contributed by atoms with Crippen molar-refractivity contribution in [2.24, 2.45) is 5.92 Å². The maximum Gasteiger partial charge on any atom is 0.337 e. The third kappa shape index (κ3) is 3.63. The number of halogens is 3. The van der Waals surface area contributed by atoms with Gasteiger partial charge < -0.3 is 10.1 Å². The van der Waals surface area contributed by atoms with Gasteiger partial charge in [-0.15, -0.1) is 0 Å². The number of aromatic nitrogens is 3. The fraction of sp³-hybridized carbons (Fsp3) is 0.355. The fourth-order valence-corrected chi connectivity index (χ4v) is 7.98. The highest BCUT2D eigenvalue weighted by Crippen LogP contribution is 2.60. The molecule has 0 bridgehead atoms. The Morgan fingerprint density at radius 1 is 1.19 bits per heavy atom. The normalized spacial score (nSPS) is 26.3. The molecule has 4 aliphatic rings. The van der Waals surface area contributed by atoms with Crippen molar-refractivity contribution < 1.29 is 18.7 Å². The molecule has 1 aliphatic carbocycles. The third-order valence-corrected chi connectivity index (χ3v) is 10.1. The predicted molar refractivity (Wildman–Crippen MR) is 155 cm³/mol. The third-order valence-electron chi connectivity index (χ3n) is 9.61. The highest BCUT2D eigenvalue weighted by Gasteiger charge is 2.67. The number of methoxy groups -OCH3 is 1. The number of carbonyl (C=O) groups excluding carboxylic acids is 2. The van der Waals surface area contributed by atoms with Gasteiger partial charge in [-0.1, -0.05) is 35.3 Å². The molecule has 214 valence electrons. The van der Waals surface area contributed by atoms with Gasteiger partial charge in [-0.2, -0.15) is 5.10 Å². The molecule has 11 heteroatoms. The molecule has 1 N–H and O–H groups in total. The van der Waals surface area contributed by atoms with Gasteiger partial charge in [0.1, 0.15) is 5.54 Å². The van der Waals surface area contributed by atoms with Gasteiger partial charge in [0.2, 0.25) is 5.91 Å². The van der Waals surface area contributed by atoms with Crippen molar-refractivity contribution in [1.29, 1.82) is 0 Å². The average molecular weight is 606 g/mol. The second kappa shape index (κ2) is 9.23. The first-order valence-electron chi connectivity index (χ1n) is 14.1. The van der Waals surface area contributed by atoms with Gasteiger partial charge in [0.25, 0.3) is 0 Å². The van der Waals surface area contributed by atoms with E-state index in [1.54, 1.807) is 24.3 Å². The number of anilines is 1. The Bertz CT molecular complexity index is 1820. The van der Waals surface area contributed by atoms with E-state index in [2.05, 4.69) is 15.2 Å². The Morgan fingerprint density at radius 3 is 2.81 bits per heavy atom. The van der Waals surface area contributed by atoms with Gasteiger partial charge in [-0.25, -0.2) is 14.2 Å². The number of carbonyl (C=O) groups is 2. The number of ether oxygens (including phenoxy) is 1. The maximum atomic E-state index is 16.0. The summed E-state index contributed by atoms with van der Waals surface area (Å²) in [7, 11) is 1.34. The zero-order valence-electron chi connectivity index (χ0n) is 22.6. The van der Waals surface area contributed by atoms with E-state index in [0.717, 1.165) is 36.0 Å². The van der Waals surface area contributed by atoms with Gasteiger partial charge in [0, 0.05) is 64.9 Å². The van der Waals surface area contributed by atoms with Crippen molar-refractivity contribution >= 4 is 51.7 Å². The summed E-state index contributed by atoms with van der Waals surface area (Å²) in [6, 6.07) is 12.1. The number of benzene rings is 2. The Labute approximate surface area is 250 Å². The first kappa shape index (κ1) is 26.1. The highest BCUT2D eigenvalue weighted by molar-refractivity contribution is 6.31. The maximum absolute atomic E-state index is 16.0. The summed E-state index contributed by atoms with van der Waals surface area (Å²) in [4.78, 5) is 33.1. The van der Waals surface area contributed by atoms with Gasteiger partial charge in [-0.3, -0.25) is 14.4 Å². The summed E-state index contributed by atoms with van der Waals surface area (Å²) in [5, 5.41) is 9.37. The molecule has 4 aromatic rings. The van der Waals surface area contributed by atoms with Crippen molar-refractivity contribution in [3.8, 4) is 0 Å². The van der Waals surface area contributed by atoms with Crippen LogP contribution in [0.25, 0.3) is 10.9 Å². The molecule has 4 atom stereocenters. The minimum Gasteiger partial charge on any atom is -0.465 e. The molecule has 42 heavy (non-hydrogen) atoms. The lowest BCUT2D eigenvalue weighted by Gasteiger charge is -2.46. The van der Waals surface area contributed by atoms with Crippen LogP contribution < -0.4 is 5.32 Å². The summed E-state index contributed by atoms with van der Waals surface area (Å²) in [5.41, 5.74) is 2.92. The van der Waals surface area contributed by atoms with Crippen LogP contribution in [0.1, 0.15) is 52.0 Å². The van der Waals surface area contributed by atoms with Crippen molar-refractivity contribution in [2.75, 3.05) is 19.0 Å². The van der Waals surface area contributed by atoms with E-state index in [4.69, 9.17) is 33.0 Å². The van der Waals surface area contributed by atoms with Crippen LogP contribution in [0.3, 0.4) is 0 Å². The van der Waals surface area contributed by atoms with E-state index >= 15 is 4.39 Å². The van der Waals surface area contributed by atoms with E-state index in [9.17, 15) is 9.59 Å². The van der Waals surface area contributed by atoms with Gasteiger partial charge in [-0.05, 0) is 54.7 Å². The van der Waals surface area contributed by atoms with Crippen molar-refractivity contribution in [1.82, 2.24) is 19.7 Å². The molecule has 1 spiro atoms. The molecule has 1 saturated carbocycles. The van der Waals surface area contributed by atoms with Crippen LogP contribution in [0.5, 0.6) is 0 Å². The number of esters is 1. The summed E-state index contributed by atoms with van der Waals surface area (Å²) >= 11 is 12.6. The molecule has 5 heterocycles. The summed E-state index contributed by atoms with van der Waals surface area (Å²) < 4.78 is 22.9. The van der Waals surface area contributed by atoms with E-state index in [-0.39, 0.29) is 23.1 Å². The minimum absolute atomic E-state index is 0.103. The highest BCUT2D eigenvalue weighted by atomic mass is 35.5. The topological polar surface area (TPSA) is 89.4 Å². The van der Waals surface area contributed by atoms with Gasteiger partial charge in [0.05, 0.1) is 24.2 Å². The Hall–Kier alpha value is -3.53. The van der Waals surface area contributed by atoms with E-state index in [1.165, 1.54) is 13.3 Å². The number of nitrogens with zero attached hydrogens (tertiary/aromatic N) is 4. The van der Waals surface area contributed by atoms with Crippen LogP contribution in [-0.2, 0) is 22.4 Å². The summed E-state index contributed by atoms with van der Waals surface area (Å²) in [6.07, 6.45) is 4.71. The molecule has 2 aromatic heterocycles. The fourth-order valence-electron chi connectivity index (χ4n) is 7.64. The largest absolute Gasteiger partial charge is 0.465 e. The Kier molecular flexibility index (Phi) is 5.74. The standard InChI is InChI=1S/C31H26Cl2FN5O3/c1-42-29(40)16-5-7-19-22(10-16)37-39-23(19)12-24-27(39)25(20-8-9-35-28(33)26(20)34)31(38(24)14-15-2-3-15)13-17-4-6-18(32)11-21(17)36-30(31)41/h4-11,15,24-25,27H,2-3,12-14H2,1H3,(H,36,41)/t24-,25-,27+,31+/m0/s1. The van der Waals surface area contributed by atoms with Crippen LogP contribution in [0.2, 0.25) is 10.2 Å². The number of amides is 1. The lowest BCUT2D eigenvalue weighted by Crippen LogP contribution is -2.61. The number of likely N-dealkylation sites (tertiary alicyclic amines) is 1. The average Bonchev–Trinajstić information content (AvgIpc) is 3.57. The second-order valence-electron chi connectivity index (χ2n) is 11.8. The van der Waals surface area contributed by atoms with Crippen molar-refractivity contribution in [3.05, 3.63) is 87.0 Å². The number of fused-ring (bicyclic) bond motifs is 6. The van der Waals surface area contributed by atoms with E-state index in [1.807, 2.05) is 22.9 Å². The monoisotopic (exact) mass is 605 g/mol. The van der Waals surface area contributed by atoms with Crippen molar-refractivity contribution in [3.63, 3.8) is 0 Å². The number of hydrogen-bond acceptors (Lipinski definition) is 6. The molecule has 1 amide bonds. The summed E-state index contributed by atoms with van der Waals surface area (Å²) in [6.45, 7) is 0.726. The molecule has 0 unspecified atom stereocenters. The Morgan fingerprint density at radius 2 is 2.02 bits per heavy atom. The lowest BCUT2D eigenvalue weighted by molar-refractivity contribution is -0.129. The van der Waals surface area contributed by atoms with Crippen LogP contribution in [0.15, 0.2) is 48.7 Å². The van der Waals surface area contributed by atoms with Crippen molar-refractivity contribution in [2.45, 2.75) is 49.2 Å². The quantitative estimate of drug-likeness (QED) is 0.241. The lowest BCUT2D eigenvalue weighted by atomic mass is 9.71. The molecule has 2 fully saturated rings. The van der Waals surface area contributed by atoms with Crippen LogP contribution in [-0.4, -0.2) is 56.8 Å². The molecule has 0 radical (unpaired) electrons. The van der Waals surface area contributed by atoms with Gasteiger partial charge in [0.15, 0.2) is 11.0 Å². The Balaban J connectivity index is 1.36. The molecule has 8 nitrogen and oxygen atoms in total. The molecule has 1 saturated heterocycles. The van der Waals surface area contributed by atoms with Gasteiger partial charge >= 0.3 is 5.97 Å². The zero-order valence-corrected chi connectivity index (χ0v) is 24.1. The summed E-state index contributed by atoms with van der Waals surface area (Å²) in [5.74, 6) is -1.40. The number of rotatable bonds is 4. The SMILES string of the molecule is COC(=O)c1ccc2c3n(nc2c1)[C@@H]1[C@H](C3)N(CC2CC2)[C@]2(Cc3ccc(Cl)cc3NC2=O)[C@H]1c1ccnc(Cl)c1F. The first-order valence-corrected chi connectivity index (χ1v) is 14.8. The van der Waals surface area contributed by atoms with E-state index < -0.39 is 23.2 Å². The van der Waals surface area contributed by atoms with E-state index in [0.29, 0.717) is 46.1 Å². The minimum atomic E-state index is -1.10. The molecule has 3 aliphatic heterocycles. The smallest absolute Gasteiger partial charge is 0.337 e. The molecular weight excluding hydrogens is 580 g/mol. The second-order valence-corrected chi connectivity index (χ2v) is 12.6. The van der Waals surface area contributed by atoms with Crippen LogP contribution >= 0.6 is 23.2 Å². The first-order chi connectivity index (χ1) is 20.3. The number of nitrogens with one attached hydrogen (secondary N) is 1. The number of hydrogen-bond donors (Lipinski definition) is 1. The number of pyridine rings is 1.